The molecule has 1 saturated heterocycles. The zero-order valence-corrected chi connectivity index (χ0v) is 6.19. The van der Waals surface area contributed by atoms with Crippen molar-refractivity contribution in [2.24, 2.45) is 5.73 Å². The number of nitrogens with zero attached hydrogens (tertiary/aromatic N) is 1. The van der Waals surface area contributed by atoms with Gasteiger partial charge in [0.25, 0.3) is 0 Å². The molecule has 5 N–H and O–H groups in total. The zero-order chi connectivity index (χ0) is 9.09. The third-order valence-corrected chi connectivity index (χ3v) is 2.59. The summed E-state index contributed by atoms with van der Waals surface area (Å²) < 4.78 is 0. The van der Waals surface area contributed by atoms with E-state index >= 15 is 0 Å². The Hall–Kier alpha value is -1.30. The first-order chi connectivity index (χ1) is 5.48. The summed E-state index contributed by atoms with van der Waals surface area (Å²) in [6.45, 7) is 0. The number of carboxylic acids is 1. The fourth-order valence-corrected chi connectivity index (χ4v) is 1.86. The minimum absolute atomic E-state index is 0.0244. The van der Waals surface area contributed by atoms with Gasteiger partial charge in [-0.25, -0.2) is 4.79 Å². The Bertz CT molecular complexity index is 279. The molecule has 0 spiro atoms. The second-order valence-corrected chi connectivity index (χ2v) is 3.24. The smallest absolute Gasteiger partial charge is 0.338 e. The van der Waals surface area contributed by atoms with Gasteiger partial charge in [0.05, 0.1) is 12.1 Å². The van der Waals surface area contributed by atoms with Crippen LogP contribution in [0.3, 0.4) is 0 Å². The molecule has 6 heteroatoms. The Morgan fingerprint density at radius 2 is 2.33 bits per heavy atom. The highest BCUT2D eigenvalue weighted by atomic mass is 16.4. The minimum Gasteiger partial charge on any atom is -0.479 e. The van der Waals surface area contributed by atoms with Crippen LogP contribution in [-0.2, 0) is 4.79 Å². The van der Waals surface area contributed by atoms with Gasteiger partial charge in [0, 0.05) is 6.42 Å². The number of hydrogen-bond acceptors (Lipinski definition) is 3. The van der Waals surface area contributed by atoms with E-state index in [9.17, 15) is 9.90 Å². The van der Waals surface area contributed by atoms with Crippen molar-refractivity contribution < 1.29 is 15.0 Å². The molecule has 2 rings (SSSR count). The van der Waals surface area contributed by atoms with E-state index in [0.29, 0.717) is 0 Å². The highest BCUT2D eigenvalue weighted by molar-refractivity contribution is 5.88. The van der Waals surface area contributed by atoms with Crippen LogP contribution in [0.4, 0.5) is 0 Å². The van der Waals surface area contributed by atoms with Crippen LogP contribution < -0.4 is 5.73 Å². The van der Waals surface area contributed by atoms with E-state index in [1.165, 1.54) is 4.90 Å². The van der Waals surface area contributed by atoms with Gasteiger partial charge in [-0.1, -0.05) is 0 Å². The first kappa shape index (κ1) is 7.35. The Morgan fingerprint density at radius 1 is 1.75 bits per heavy atom. The van der Waals surface area contributed by atoms with Crippen molar-refractivity contribution in [3.05, 3.63) is 0 Å². The molecule has 3 atom stereocenters. The summed E-state index contributed by atoms with van der Waals surface area (Å²) in [6, 6.07) is -0.490. The van der Waals surface area contributed by atoms with Gasteiger partial charge >= 0.3 is 5.97 Å². The SMILES string of the molecule is N=C(N)N1C2CC(O)(C(=O)O)C21. The Kier molecular flexibility index (Phi) is 1.05. The van der Waals surface area contributed by atoms with Gasteiger partial charge in [0.15, 0.2) is 11.6 Å². The lowest BCUT2D eigenvalue weighted by molar-refractivity contribution is -0.163. The summed E-state index contributed by atoms with van der Waals surface area (Å²) in [7, 11) is 0. The summed E-state index contributed by atoms with van der Waals surface area (Å²) in [4.78, 5) is 11.9. The molecular formula is C6H9N3O3. The molecular weight excluding hydrogens is 162 g/mol. The van der Waals surface area contributed by atoms with Crippen molar-refractivity contribution in [3.8, 4) is 0 Å². The average Bonchev–Trinajstić information content (AvgIpc) is 2.55. The van der Waals surface area contributed by atoms with Gasteiger partial charge in [-0.15, -0.1) is 0 Å². The number of aliphatic hydroxyl groups is 1. The quantitative estimate of drug-likeness (QED) is 0.210. The van der Waals surface area contributed by atoms with Crippen molar-refractivity contribution in [2.45, 2.75) is 24.1 Å². The van der Waals surface area contributed by atoms with E-state index in [-0.39, 0.29) is 18.4 Å². The van der Waals surface area contributed by atoms with Crippen molar-refractivity contribution in [3.63, 3.8) is 0 Å². The topological polar surface area (TPSA) is 110 Å². The van der Waals surface area contributed by atoms with E-state index in [4.69, 9.17) is 16.2 Å². The standard InChI is InChI=1S/C6H9N3O3/c7-5(8)9-2-1-6(12,3(2)9)4(10)11/h2-3,12H,1H2,(H3,7,8)(H,10,11). The first-order valence-corrected chi connectivity index (χ1v) is 3.56. The third-order valence-electron chi connectivity index (χ3n) is 2.59. The number of carbonyl (C=O) groups is 1. The van der Waals surface area contributed by atoms with Crippen LogP contribution in [0.15, 0.2) is 0 Å². The number of carboxylic acid groups (broad SMARTS) is 1. The molecule has 1 heterocycles. The maximum Gasteiger partial charge on any atom is 0.338 e. The number of hydrogen-bond donors (Lipinski definition) is 4. The molecule has 66 valence electrons. The maximum absolute atomic E-state index is 10.5. The van der Waals surface area contributed by atoms with Crippen LogP contribution in [0, 0.1) is 5.41 Å². The monoisotopic (exact) mass is 171 g/mol. The molecule has 1 aliphatic carbocycles. The van der Waals surface area contributed by atoms with E-state index in [0.717, 1.165) is 0 Å². The first-order valence-electron chi connectivity index (χ1n) is 3.56. The number of fused-ring (bicyclic) bond motifs is 1. The number of nitrogens with one attached hydrogen (secondary N) is 1. The number of guanidine groups is 1. The van der Waals surface area contributed by atoms with Gasteiger partial charge in [0.1, 0.15) is 0 Å². The molecule has 3 unspecified atom stereocenters. The van der Waals surface area contributed by atoms with Crippen molar-refractivity contribution in [1.29, 1.82) is 5.41 Å². The van der Waals surface area contributed by atoms with E-state index in [1.54, 1.807) is 0 Å². The molecule has 2 fully saturated rings. The molecule has 0 aromatic rings. The molecule has 0 amide bonds. The van der Waals surface area contributed by atoms with Gasteiger partial charge in [-0.05, 0) is 0 Å². The van der Waals surface area contributed by atoms with Crippen molar-refractivity contribution >= 4 is 11.9 Å². The lowest BCUT2D eigenvalue weighted by Crippen LogP contribution is -2.53. The summed E-state index contributed by atoms with van der Waals surface area (Å²) >= 11 is 0. The fourth-order valence-electron chi connectivity index (χ4n) is 1.86. The molecule has 2 aliphatic rings. The van der Waals surface area contributed by atoms with Crippen molar-refractivity contribution in [2.75, 3.05) is 0 Å². The number of rotatable bonds is 1. The molecule has 0 aromatic carbocycles. The molecule has 0 bridgehead atoms. The highest BCUT2D eigenvalue weighted by Crippen LogP contribution is 2.52. The van der Waals surface area contributed by atoms with Crippen LogP contribution in [0.1, 0.15) is 6.42 Å². The number of likely N-dealkylation sites (tertiary alicyclic amines) is 1. The fraction of sp³-hybridized carbons (Fsp3) is 0.667. The lowest BCUT2D eigenvalue weighted by atomic mass is 9.80. The van der Waals surface area contributed by atoms with Gasteiger partial charge in [-0.3, -0.25) is 5.41 Å². The van der Waals surface area contributed by atoms with Gasteiger partial charge in [0.2, 0.25) is 0 Å². The summed E-state index contributed by atoms with van der Waals surface area (Å²) in [5.41, 5.74) is 3.47. The van der Waals surface area contributed by atoms with Crippen LogP contribution in [0.25, 0.3) is 0 Å². The van der Waals surface area contributed by atoms with E-state index in [2.05, 4.69) is 0 Å². The normalized spacial score (nSPS) is 42.9. The molecule has 1 saturated carbocycles. The Morgan fingerprint density at radius 3 is 2.58 bits per heavy atom. The lowest BCUT2D eigenvalue weighted by Gasteiger charge is -2.27. The number of nitrogens with two attached hydrogens (primary N) is 1. The van der Waals surface area contributed by atoms with Gasteiger partial charge in [-0.2, -0.15) is 0 Å². The summed E-state index contributed by atoms with van der Waals surface area (Å²) in [6.07, 6.45) is 0.173. The molecule has 0 aromatic heterocycles. The molecule has 0 radical (unpaired) electrons. The zero-order valence-electron chi connectivity index (χ0n) is 6.19. The van der Waals surface area contributed by atoms with Gasteiger partial charge < -0.3 is 20.8 Å². The van der Waals surface area contributed by atoms with Crippen LogP contribution in [0.5, 0.6) is 0 Å². The van der Waals surface area contributed by atoms with Crippen LogP contribution in [0.2, 0.25) is 0 Å². The third kappa shape index (κ3) is 0.585. The maximum atomic E-state index is 10.5. The number of aliphatic carboxylic acids is 1. The van der Waals surface area contributed by atoms with Crippen molar-refractivity contribution in [1.82, 2.24) is 4.90 Å². The van der Waals surface area contributed by atoms with Crippen LogP contribution in [-0.4, -0.2) is 44.7 Å². The largest absolute Gasteiger partial charge is 0.479 e. The average molecular weight is 171 g/mol. The predicted molar refractivity (Wildman–Crippen MR) is 38.5 cm³/mol. The predicted octanol–water partition coefficient (Wildman–Crippen LogP) is -1.85. The Balaban J connectivity index is 2.12. The second-order valence-electron chi connectivity index (χ2n) is 3.24. The Labute approximate surface area is 68.1 Å². The summed E-state index contributed by atoms with van der Waals surface area (Å²) in [5.74, 6) is -1.39. The molecule has 1 aliphatic heterocycles. The molecule has 6 nitrogen and oxygen atoms in total. The second kappa shape index (κ2) is 1.71. The van der Waals surface area contributed by atoms with E-state index in [1.807, 2.05) is 0 Å². The highest BCUT2D eigenvalue weighted by Gasteiger charge is 2.74. The molecule has 12 heavy (non-hydrogen) atoms. The minimum atomic E-state index is -1.67. The van der Waals surface area contributed by atoms with Crippen LogP contribution >= 0.6 is 0 Å². The van der Waals surface area contributed by atoms with E-state index < -0.39 is 17.6 Å². The summed E-state index contributed by atoms with van der Waals surface area (Å²) in [5, 5.41) is 25.1.